The summed E-state index contributed by atoms with van der Waals surface area (Å²) in [6.45, 7) is 0. The largest absolute Gasteiger partial charge is 0.386 e. The maximum absolute atomic E-state index is 13.0. The fourth-order valence-corrected chi connectivity index (χ4v) is 2.57. The van der Waals surface area contributed by atoms with Gasteiger partial charge in [0, 0.05) is 0 Å². The van der Waals surface area contributed by atoms with Gasteiger partial charge in [0.05, 0.1) is 12.1 Å². The lowest BCUT2D eigenvalue weighted by atomic mass is 9.93. The summed E-state index contributed by atoms with van der Waals surface area (Å²) in [6, 6.07) is 18.9. The number of aliphatic hydroxyl groups is 1. The summed E-state index contributed by atoms with van der Waals surface area (Å²) in [6.07, 6.45) is -0.846. The normalized spacial score (nSPS) is 14.0. The van der Waals surface area contributed by atoms with Crippen molar-refractivity contribution in [3.8, 4) is 0 Å². The van der Waals surface area contributed by atoms with E-state index < -0.39 is 12.1 Å². The zero-order chi connectivity index (χ0) is 14.8. The fraction of sp³-hybridized carbons (Fsp3) is 0.111. The lowest BCUT2D eigenvalue weighted by molar-refractivity contribution is 0.148. The minimum Gasteiger partial charge on any atom is -0.386 e. The molecule has 3 heteroatoms. The van der Waals surface area contributed by atoms with Crippen LogP contribution in [0.1, 0.15) is 23.3 Å². The van der Waals surface area contributed by atoms with Gasteiger partial charge >= 0.3 is 0 Å². The molecule has 0 heterocycles. The number of halogens is 1. The summed E-state index contributed by atoms with van der Waals surface area (Å²) in [4.78, 5) is 0. The molecule has 0 unspecified atom stereocenters. The monoisotopic (exact) mass is 281 g/mol. The lowest BCUT2D eigenvalue weighted by Gasteiger charge is -2.21. The fourth-order valence-electron chi connectivity index (χ4n) is 2.57. The third-order valence-electron chi connectivity index (χ3n) is 3.74. The van der Waals surface area contributed by atoms with Crippen LogP contribution in [0.25, 0.3) is 10.8 Å². The minimum atomic E-state index is -0.846. The molecule has 0 saturated heterocycles. The number of rotatable bonds is 3. The number of fused-ring (bicyclic) bond motifs is 1. The first-order valence-electron chi connectivity index (χ1n) is 6.83. The van der Waals surface area contributed by atoms with Crippen molar-refractivity contribution in [2.45, 2.75) is 12.1 Å². The number of benzene rings is 3. The number of aliphatic hydroxyl groups excluding tert-OH is 1. The number of hydrogen-bond acceptors (Lipinski definition) is 2. The maximum Gasteiger partial charge on any atom is 0.123 e. The first-order valence-corrected chi connectivity index (χ1v) is 6.83. The predicted octanol–water partition coefficient (Wildman–Crippen LogP) is 3.71. The van der Waals surface area contributed by atoms with Crippen LogP contribution in [-0.4, -0.2) is 5.11 Å². The lowest BCUT2D eigenvalue weighted by Crippen LogP contribution is -2.19. The zero-order valence-electron chi connectivity index (χ0n) is 11.4. The van der Waals surface area contributed by atoms with Crippen molar-refractivity contribution >= 4 is 10.8 Å². The average Bonchev–Trinajstić information content (AvgIpc) is 2.53. The van der Waals surface area contributed by atoms with Gasteiger partial charge in [0.1, 0.15) is 5.82 Å². The second kappa shape index (κ2) is 5.64. The molecule has 106 valence electrons. The Kier molecular flexibility index (Phi) is 3.69. The highest BCUT2D eigenvalue weighted by Gasteiger charge is 2.20. The van der Waals surface area contributed by atoms with E-state index in [0.29, 0.717) is 5.56 Å². The molecule has 0 bridgehead atoms. The minimum absolute atomic E-state index is 0.314. The topological polar surface area (TPSA) is 46.2 Å². The van der Waals surface area contributed by atoms with Crippen LogP contribution >= 0.6 is 0 Å². The van der Waals surface area contributed by atoms with Gasteiger partial charge in [-0.3, -0.25) is 0 Å². The second-order valence-corrected chi connectivity index (χ2v) is 5.09. The Morgan fingerprint density at radius 3 is 2.29 bits per heavy atom. The second-order valence-electron chi connectivity index (χ2n) is 5.09. The van der Waals surface area contributed by atoms with Crippen LogP contribution in [-0.2, 0) is 0 Å². The Labute approximate surface area is 122 Å². The van der Waals surface area contributed by atoms with Crippen LogP contribution in [0.5, 0.6) is 0 Å². The highest BCUT2D eigenvalue weighted by Crippen LogP contribution is 2.31. The molecule has 0 aliphatic carbocycles. The molecule has 3 N–H and O–H groups in total. The van der Waals surface area contributed by atoms with Crippen LogP contribution in [0.4, 0.5) is 4.39 Å². The van der Waals surface area contributed by atoms with Crippen molar-refractivity contribution in [2.24, 2.45) is 5.73 Å². The molecule has 3 aromatic carbocycles. The van der Waals surface area contributed by atoms with Gasteiger partial charge in [0.15, 0.2) is 0 Å². The Hall–Kier alpha value is -2.23. The summed E-state index contributed by atoms with van der Waals surface area (Å²) < 4.78 is 13.0. The van der Waals surface area contributed by atoms with E-state index in [0.717, 1.165) is 16.3 Å². The molecule has 21 heavy (non-hydrogen) atoms. The van der Waals surface area contributed by atoms with Crippen molar-refractivity contribution in [1.82, 2.24) is 0 Å². The average molecular weight is 281 g/mol. The first-order chi connectivity index (χ1) is 10.2. The van der Waals surface area contributed by atoms with Crippen molar-refractivity contribution in [2.75, 3.05) is 0 Å². The van der Waals surface area contributed by atoms with Gasteiger partial charge in [-0.15, -0.1) is 0 Å². The Morgan fingerprint density at radius 2 is 1.52 bits per heavy atom. The van der Waals surface area contributed by atoms with E-state index in [2.05, 4.69) is 0 Å². The molecule has 2 nitrogen and oxygen atoms in total. The van der Waals surface area contributed by atoms with Crippen LogP contribution in [0, 0.1) is 5.82 Å². The van der Waals surface area contributed by atoms with Crippen molar-refractivity contribution < 1.29 is 9.50 Å². The van der Waals surface area contributed by atoms with E-state index >= 15 is 0 Å². The van der Waals surface area contributed by atoms with E-state index in [1.807, 2.05) is 42.5 Å². The third kappa shape index (κ3) is 2.66. The van der Waals surface area contributed by atoms with E-state index in [-0.39, 0.29) is 5.82 Å². The van der Waals surface area contributed by atoms with Crippen LogP contribution in [0.15, 0.2) is 66.7 Å². The molecule has 0 radical (unpaired) electrons. The summed E-state index contributed by atoms with van der Waals surface area (Å²) in [5.41, 5.74) is 7.63. The molecule has 0 aliphatic rings. The molecule has 0 aromatic heterocycles. The standard InChI is InChI=1S/C18H16FNO/c19-14-10-8-13(9-11-14)17(20)18(21)16-7-3-5-12-4-1-2-6-15(12)16/h1-11,17-18,21H,20H2/t17-,18+/m1/s1. The molecule has 3 rings (SSSR count). The maximum atomic E-state index is 13.0. The third-order valence-corrected chi connectivity index (χ3v) is 3.74. The van der Waals surface area contributed by atoms with Crippen LogP contribution in [0.3, 0.4) is 0 Å². The van der Waals surface area contributed by atoms with E-state index in [1.54, 1.807) is 12.1 Å². The quantitative estimate of drug-likeness (QED) is 0.768. The summed E-state index contributed by atoms with van der Waals surface area (Å²) in [5.74, 6) is -0.314. The van der Waals surface area contributed by atoms with Crippen LogP contribution < -0.4 is 5.73 Å². The van der Waals surface area contributed by atoms with Gasteiger partial charge in [-0.05, 0) is 34.0 Å². The Balaban J connectivity index is 2.00. The molecule has 0 aliphatic heterocycles. The van der Waals surface area contributed by atoms with Gasteiger partial charge in [0.25, 0.3) is 0 Å². The Morgan fingerprint density at radius 1 is 0.857 bits per heavy atom. The van der Waals surface area contributed by atoms with Gasteiger partial charge in [-0.2, -0.15) is 0 Å². The van der Waals surface area contributed by atoms with Gasteiger partial charge in [-0.25, -0.2) is 4.39 Å². The van der Waals surface area contributed by atoms with Crippen LogP contribution in [0.2, 0.25) is 0 Å². The van der Waals surface area contributed by atoms with E-state index in [1.165, 1.54) is 12.1 Å². The molecule has 0 spiro atoms. The number of nitrogens with two attached hydrogens (primary N) is 1. The van der Waals surface area contributed by atoms with E-state index in [4.69, 9.17) is 5.73 Å². The smallest absolute Gasteiger partial charge is 0.123 e. The predicted molar refractivity (Wildman–Crippen MR) is 82.2 cm³/mol. The molecule has 0 saturated carbocycles. The molecule has 2 atom stereocenters. The Bertz CT molecular complexity index is 749. The molecule has 3 aromatic rings. The highest BCUT2D eigenvalue weighted by atomic mass is 19.1. The first kappa shape index (κ1) is 13.7. The van der Waals surface area contributed by atoms with Gasteiger partial charge in [0.2, 0.25) is 0 Å². The molecular weight excluding hydrogens is 265 g/mol. The summed E-state index contributed by atoms with van der Waals surface area (Å²) in [5, 5.41) is 12.6. The van der Waals surface area contributed by atoms with Gasteiger partial charge < -0.3 is 10.8 Å². The van der Waals surface area contributed by atoms with E-state index in [9.17, 15) is 9.50 Å². The zero-order valence-corrected chi connectivity index (χ0v) is 11.4. The summed E-state index contributed by atoms with van der Waals surface area (Å²) >= 11 is 0. The van der Waals surface area contributed by atoms with Crippen molar-refractivity contribution in [3.05, 3.63) is 83.7 Å². The van der Waals surface area contributed by atoms with Crippen molar-refractivity contribution in [1.29, 1.82) is 0 Å². The van der Waals surface area contributed by atoms with Crippen molar-refractivity contribution in [3.63, 3.8) is 0 Å². The molecule has 0 fully saturated rings. The summed E-state index contributed by atoms with van der Waals surface area (Å²) in [7, 11) is 0. The van der Waals surface area contributed by atoms with Gasteiger partial charge in [-0.1, -0.05) is 54.6 Å². The molecule has 0 amide bonds. The SMILES string of the molecule is N[C@H](c1ccc(F)cc1)[C@@H](O)c1cccc2ccccc12. The molecular formula is C18H16FNO. The highest BCUT2D eigenvalue weighted by molar-refractivity contribution is 5.86. The number of hydrogen-bond donors (Lipinski definition) is 2.